The molecular weight excluding hydrogens is 485 g/mol. The van der Waals surface area contributed by atoms with Crippen molar-refractivity contribution in [2.24, 2.45) is 0 Å². The van der Waals surface area contributed by atoms with Crippen molar-refractivity contribution in [2.75, 3.05) is 7.11 Å². The number of hydrogen-bond donors (Lipinski definition) is 1. The molecule has 5 nitrogen and oxygen atoms in total. The van der Waals surface area contributed by atoms with Gasteiger partial charge in [-0.05, 0) is 65.9 Å². The van der Waals surface area contributed by atoms with Gasteiger partial charge in [-0.25, -0.2) is 9.78 Å². The van der Waals surface area contributed by atoms with E-state index in [4.69, 9.17) is 37.7 Å². The summed E-state index contributed by atoms with van der Waals surface area (Å²) in [5.41, 5.74) is 5.28. The molecule has 0 saturated carbocycles. The van der Waals surface area contributed by atoms with Crippen LogP contribution in [0.15, 0.2) is 60.7 Å². The van der Waals surface area contributed by atoms with E-state index in [0.29, 0.717) is 50.9 Å². The predicted molar refractivity (Wildman–Crippen MR) is 139 cm³/mol. The SMILES string of the molecule is COc1cc(/C=C2\CCc3c2nc2ccccc2c3C(=O)O)ccc1OCc1ccc(Cl)cc1Cl. The molecule has 176 valence electrons. The summed E-state index contributed by atoms with van der Waals surface area (Å²) in [6.07, 6.45) is 3.39. The quantitative estimate of drug-likeness (QED) is 0.297. The zero-order valence-corrected chi connectivity index (χ0v) is 20.4. The molecule has 1 aliphatic carbocycles. The van der Waals surface area contributed by atoms with Crippen LogP contribution in [0.5, 0.6) is 11.5 Å². The molecule has 0 atom stereocenters. The van der Waals surface area contributed by atoms with Crippen molar-refractivity contribution in [1.29, 1.82) is 0 Å². The van der Waals surface area contributed by atoms with E-state index in [0.717, 1.165) is 28.0 Å². The lowest BCUT2D eigenvalue weighted by Crippen LogP contribution is -2.05. The molecule has 1 aliphatic rings. The van der Waals surface area contributed by atoms with Gasteiger partial charge in [0.25, 0.3) is 0 Å². The standard InChI is InChI=1S/C28H21Cl2NO4/c1-34-25-13-16(6-11-24(25)35-15-18-7-9-19(29)14-22(18)30)12-17-8-10-21-26(28(32)33)20-4-2-3-5-23(20)31-27(17)21/h2-7,9,11-14H,8,10,15H2,1H3,(H,32,33)/b17-12+. The number of carbonyl (C=O) groups is 1. The van der Waals surface area contributed by atoms with Crippen molar-refractivity contribution in [1.82, 2.24) is 4.98 Å². The number of nitrogens with zero attached hydrogens (tertiary/aromatic N) is 1. The molecule has 1 N–H and O–H groups in total. The van der Waals surface area contributed by atoms with E-state index in [2.05, 4.69) is 0 Å². The average molecular weight is 506 g/mol. The van der Waals surface area contributed by atoms with Gasteiger partial charge < -0.3 is 14.6 Å². The fraction of sp³-hybridized carbons (Fsp3) is 0.143. The number of ether oxygens (including phenoxy) is 2. The third-order valence-corrected chi connectivity index (χ3v) is 6.67. The first-order valence-corrected chi connectivity index (χ1v) is 11.8. The van der Waals surface area contributed by atoms with Crippen LogP contribution in [0, 0.1) is 0 Å². The molecule has 7 heteroatoms. The van der Waals surface area contributed by atoms with Crippen molar-refractivity contribution in [3.8, 4) is 11.5 Å². The summed E-state index contributed by atoms with van der Waals surface area (Å²) in [5, 5.41) is 11.7. The van der Waals surface area contributed by atoms with Crippen LogP contribution in [-0.2, 0) is 13.0 Å². The van der Waals surface area contributed by atoms with Crippen molar-refractivity contribution in [3.63, 3.8) is 0 Å². The second-order valence-electron chi connectivity index (χ2n) is 8.24. The van der Waals surface area contributed by atoms with Gasteiger partial charge in [0, 0.05) is 21.0 Å². The lowest BCUT2D eigenvalue weighted by molar-refractivity contribution is 0.0698. The lowest BCUT2D eigenvalue weighted by atomic mass is 10.0. The van der Waals surface area contributed by atoms with Crippen LogP contribution in [0.1, 0.15) is 39.2 Å². The van der Waals surface area contributed by atoms with Crippen LogP contribution in [0.2, 0.25) is 10.0 Å². The number of methoxy groups -OCH3 is 1. The maximum atomic E-state index is 12.1. The minimum absolute atomic E-state index is 0.273. The second-order valence-corrected chi connectivity index (χ2v) is 9.08. The molecule has 0 spiro atoms. The maximum Gasteiger partial charge on any atom is 0.336 e. The van der Waals surface area contributed by atoms with Crippen LogP contribution >= 0.6 is 23.2 Å². The highest BCUT2D eigenvalue weighted by molar-refractivity contribution is 6.35. The summed E-state index contributed by atoms with van der Waals surface area (Å²) in [6.45, 7) is 0.273. The van der Waals surface area contributed by atoms with E-state index in [-0.39, 0.29) is 6.61 Å². The monoisotopic (exact) mass is 505 g/mol. The molecule has 0 amide bonds. The molecular formula is C28H21Cl2NO4. The van der Waals surface area contributed by atoms with E-state index in [1.165, 1.54) is 0 Å². The van der Waals surface area contributed by atoms with Crippen LogP contribution < -0.4 is 9.47 Å². The number of carboxylic acids is 1. The van der Waals surface area contributed by atoms with Gasteiger partial charge in [0.05, 0.1) is 23.9 Å². The highest BCUT2D eigenvalue weighted by Crippen LogP contribution is 2.38. The van der Waals surface area contributed by atoms with E-state index in [1.54, 1.807) is 19.2 Å². The minimum Gasteiger partial charge on any atom is -0.493 e. The molecule has 0 fully saturated rings. The van der Waals surface area contributed by atoms with Gasteiger partial charge in [-0.1, -0.05) is 53.5 Å². The van der Waals surface area contributed by atoms with E-state index < -0.39 is 5.97 Å². The number of aromatic carboxylic acids is 1. The van der Waals surface area contributed by atoms with E-state index in [9.17, 15) is 9.90 Å². The summed E-state index contributed by atoms with van der Waals surface area (Å²) < 4.78 is 11.5. The van der Waals surface area contributed by atoms with Gasteiger partial charge in [0.15, 0.2) is 11.5 Å². The minimum atomic E-state index is -0.926. The molecule has 0 aliphatic heterocycles. The third-order valence-electron chi connectivity index (χ3n) is 6.08. The number of para-hydroxylation sites is 1. The number of fused-ring (bicyclic) bond motifs is 2. The molecule has 1 aromatic heterocycles. The van der Waals surface area contributed by atoms with Crippen molar-refractivity contribution < 1.29 is 19.4 Å². The van der Waals surface area contributed by atoms with Gasteiger partial charge in [-0.15, -0.1) is 0 Å². The Hall–Kier alpha value is -3.54. The van der Waals surface area contributed by atoms with Gasteiger partial charge in [0.1, 0.15) is 6.61 Å². The Balaban J connectivity index is 1.46. The molecule has 35 heavy (non-hydrogen) atoms. The molecule has 0 bridgehead atoms. The van der Waals surface area contributed by atoms with Crippen LogP contribution in [0.25, 0.3) is 22.6 Å². The summed E-state index contributed by atoms with van der Waals surface area (Å²) in [4.78, 5) is 16.9. The van der Waals surface area contributed by atoms with Gasteiger partial charge >= 0.3 is 5.97 Å². The van der Waals surface area contributed by atoms with Crippen LogP contribution in [-0.4, -0.2) is 23.2 Å². The number of halogens is 2. The van der Waals surface area contributed by atoms with Crippen LogP contribution in [0.4, 0.5) is 0 Å². The number of aromatic nitrogens is 1. The van der Waals surface area contributed by atoms with Gasteiger partial charge in [0.2, 0.25) is 0 Å². The summed E-state index contributed by atoms with van der Waals surface area (Å²) in [7, 11) is 1.59. The number of rotatable bonds is 6. The first kappa shape index (κ1) is 23.2. The Morgan fingerprint density at radius 1 is 1.06 bits per heavy atom. The molecule has 0 radical (unpaired) electrons. The zero-order chi connectivity index (χ0) is 24.5. The molecule has 0 unspecified atom stereocenters. The Kier molecular flexibility index (Phi) is 6.37. The fourth-order valence-corrected chi connectivity index (χ4v) is 4.88. The number of hydrogen-bond acceptors (Lipinski definition) is 4. The highest BCUT2D eigenvalue weighted by atomic mass is 35.5. The Morgan fingerprint density at radius 2 is 1.89 bits per heavy atom. The van der Waals surface area contributed by atoms with E-state index >= 15 is 0 Å². The van der Waals surface area contributed by atoms with Gasteiger partial charge in [-0.3, -0.25) is 0 Å². The Morgan fingerprint density at radius 3 is 2.66 bits per heavy atom. The third kappa shape index (κ3) is 4.57. The van der Waals surface area contributed by atoms with Crippen molar-refractivity contribution in [2.45, 2.75) is 19.4 Å². The molecule has 3 aromatic carbocycles. The largest absolute Gasteiger partial charge is 0.493 e. The number of carboxylic acid groups (broad SMARTS) is 1. The molecule has 5 rings (SSSR count). The normalized spacial score (nSPS) is 13.7. The van der Waals surface area contributed by atoms with Gasteiger partial charge in [-0.2, -0.15) is 0 Å². The highest BCUT2D eigenvalue weighted by Gasteiger charge is 2.26. The number of allylic oxidation sites excluding steroid dienone is 1. The molecule has 0 saturated heterocycles. The lowest BCUT2D eigenvalue weighted by Gasteiger charge is -2.13. The summed E-state index contributed by atoms with van der Waals surface area (Å²) in [6, 6.07) is 18.3. The van der Waals surface area contributed by atoms with Crippen LogP contribution in [0.3, 0.4) is 0 Å². The number of pyridine rings is 1. The smallest absolute Gasteiger partial charge is 0.336 e. The Labute approximate surface area is 212 Å². The molecule has 4 aromatic rings. The zero-order valence-electron chi connectivity index (χ0n) is 18.8. The fourth-order valence-electron chi connectivity index (χ4n) is 4.41. The van der Waals surface area contributed by atoms with Crippen molar-refractivity contribution >= 4 is 51.7 Å². The predicted octanol–water partition coefficient (Wildman–Crippen LogP) is 7.31. The maximum absolute atomic E-state index is 12.1. The first-order chi connectivity index (χ1) is 16.9. The summed E-state index contributed by atoms with van der Waals surface area (Å²) in [5.74, 6) is 0.246. The molecule has 1 heterocycles. The average Bonchev–Trinajstić information content (AvgIpc) is 3.24. The van der Waals surface area contributed by atoms with Crippen molar-refractivity contribution in [3.05, 3.63) is 98.7 Å². The van der Waals surface area contributed by atoms with E-state index in [1.807, 2.05) is 54.6 Å². The topological polar surface area (TPSA) is 68.7 Å². The second kappa shape index (κ2) is 9.61. The number of benzene rings is 3. The first-order valence-electron chi connectivity index (χ1n) is 11.0. The Bertz CT molecular complexity index is 1500. The summed E-state index contributed by atoms with van der Waals surface area (Å²) >= 11 is 12.2.